The third kappa shape index (κ3) is 5.61. The lowest BCUT2D eigenvalue weighted by Crippen LogP contribution is -2.51. The molecular formula is C21H30N4O4. The molecule has 1 aliphatic carbocycles. The summed E-state index contributed by atoms with van der Waals surface area (Å²) >= 11 is 0. The topological polar surface area (TPSA) is 103 Å². The molecule has 0 spiro atoms. The molecule has 2 aliphatic rings. The minimum Gasteiger partial charge on any atom is -0.297 e. The van der Waals surface area contributed by atoms with E-state index in [1.165, 1.54) is 5.01 Å². The molecule has 2 atom stereocenters. The van der Waals surface area contributed by atoms with Crippen LogP contribution in [0, 0.1) is 18.8 Å². The summed E-state index contributed by atoms with van der Waals surface area (Å²) in [6, 6.07) is 3.19. The molecule has 2 amide bonds. The zero-order valence-electron chi connectivity index (χ0n) is 16.9. The first-order valence-electron chi connectivity index (χ1n) is 10.4. The van der Waals surface area contributed by atoms with Crippen molar-refractivity contribution in [2.45, 2.75) is 57.9 Å². The number of rotatable bonds is 9. The standard InChI is InChI=1S/C21H30N4O4/c1-15-6-7-18(22-12-15)11-20(27)19-8-9-23-25(19)21(28)17(13-24(29)14-26)10-16-4-2-3-5-16/h6-7,12,14,16-17,19,23,29H,2-5,8-11,13H2,1H3/t17-,19+/m1/s1. The molecule has 3 rings (SSSR count). The summed E-state index contributed by atoms with van der Waals surface area (Å²) in [5, 5.41) is 11.6. The van der Waals surface area contributed by atoms with Crippen LogP contribution in [0.1, 0.15) is 49.8 Å². The Hall–Kier alpha value is -2.32. The zero-order valence-corrected chi connectivity index (χ0v) is 16.9. The summed E-state index contributed by atoms with van der Waals surface area (Å²) in [6.45, 7) is 2.42. The van der Waals surface area contributed by atoms with Crippen molar-refractivity contribution in [1.82, 2.24) is 20.5 Å². The lowest BCUT2D eigenvalue weighted by molar-refractivity contribution is -0.159. The molecule has 0 radical (unpaired) electrons. The highest BCUT2D eigenvalue weighted by Gasteiger charge is 2.38. The van der Waals surface area contributed by atoms with Gasteiger partial charge in [-0.3, -0.25) is 29.6 Å². The molecule has 8 heteroatoms. The molecule has 1 aromatic rings. The Bertz CT molecular complexity index is 718. The van der Waals surface area contributed by atoms with E-state index in [1.807, 2.05) is 19.1 Å². The number of pyridine rings is 1. The second-order valence-corrected chi connectivity index (χ2v) is 8.20. The van der Waals surface area contributed by atoms with Crippen LogP contribution in [0.4, 0.5) is 0 Å². The van der Waals surface area contributed by atoms with Gasteiger partial charge in [-0.1, -0.05) is 31.7 Å². The fourth-order valence-electron chi connectivity index (χ4n) is 4.36. The number of hydroxylamine groups is 2. The van der Waals surface area contributed by atoms with E-state index in [2.05, 4.69) is 10.4 Å². The van der Waals surface area contributed by atoms with Crippen LogP contribution in [0.3, 0.4) is 0 Å². The molecule has 0 aromatic carbocycles. The third-order valence-corrected chi connectivity index (χ3v) is 5.92. The fraction of sp³-hybridized carbons (Fsp3) is 0.619. The lowest BCUT2D eigenvalue weighted by atomic mass is 9.91. The van der Waals surface area contributed by atoms with Crippen molar-refractivity contribution in [1.29, 1.82) is 0 Å². The molecule has 158 valence electrons. The van der Waals surface area contributed by atoms with Crippen LogP contribution < -0.4 is 5.43 Å². The number of aromatic nitrogens is 1. The number of carbonyl (C=O) groups is 3. The maximum Gasteiger partial charge on any atom is 0.242 e. The summed E-state index contributed by atoms with van der Waals surface area (Å²) in [6.07, 6.45) is 7.79. The van der Waals surface area contributed by atoms with Gasteiger partial charge in [0.05, 0.1) is 18.9 Å². The van der Waals surface area contributed by atoms with E-state index in [-0.39, 0.29) is 24.7 Å². The Morgan fingerprint density at radius 3 is 2.76 bits per heavy atom. The molecule has 1 saturated heterocycles. The minimum absolute atomic E-state index is 0.0581. The normalized spacial score (nSPS) is 20.6. The summed E-state index contributed by atoms with van der Waals surface area (Å²) in [7, 11) is 0. The quantitative estimate of drug-likeness (QED) is 0.370. The molecule has 1 aliphatic heterocycles. The smallest absolute Gasteiger partial charge is 0.242 e. The van der Waals surface area contributed by atoms with Crippen LogP contribution >= 0.6 is 0 Å². The first-order valence-corrected chi connectivity index (χ1v) is 10.4. The van der Waals surface area contributed by atoms with Crippen molar-refractivity contribution in [2.75, 3.05) is 13.1 Å². The Morgan fingerprint density at radius 2 is 2.10 bits per heavy atom. The lowest BCUT2D eigenvalue weighted by Gasteiger charge is -2.29. The van der Waals surface area contributed by atoms with Crippen molar-refractivity contribution in [2.24, 2.45) is 11.8 Å². The summed E-state index contributed by atoms with van der Waals surface area (Å²) in [5.41, 5.74) is 4.74. The number of ketones is 1. The second kappa shape index (κ2) is 9.93. The summed E-state index contributed by atoms with van der Waals surface area (Å²) < 4.78 is 0. The highest BCUT2D eigenvalue weighted by Crippen LogP contribution is 2.31. The fourth-order valence-corrected chi connectivity index (χ4v) is 4.36. The number of hydrogen-bond acceptors (Lipinski definition) is 6. The van der Waals surface area contributed by atoms with Crippen molar-refractivity contribution < 1.29 is 19.6 Å². The van der Waals surface area contributed by atoms with Gasteiger partial charge in [-0.15, -0.1) is 0 Å². The SMILES string of the molecule is Cc1ccc(CC(=O)[C@@H]2CCNN2C(=O)[C@H](CC2CCCC2)CN(O)C=O)nc1. The third-order valence-electron chi connectivity index (χ3n) is 5.92. The molecule has 0 unspecified atom stereocenters. The van der Waals surface area contributed by atoms with Crippen LogP contribution in [0.25, 0.3) is 0 Å². The predicted octanol–water partition coefficient (Wildman–Crippen LogP) is 1.65. The number of amides is 2. The first kappa shape index (κ1) is 21.4. The maximum absolute atomic E-state index is 13.2. The van der Waals surface area contributed by atoms with E-state index in [1.54, 1.807) is 6.20 Å². The monoisotopic (exact) mass is 402 g/mol. The molecule has 2 heterocycles. The van der Waals surface area contributed by atoms with Gasteiger partial charge in [-0.25, -0.2) is 10.5 Å². The van der Waals surface area contributed by atoms with E-state index >= 15 is 0 Å². The zero-order chi connectivity index (χ0) is 20.8. The first-order chi connectivity index (χ1) is 14.0. The number of Topliss-reactive ketones (excluding diaryl/α,β-unsaturated/α-hetero) is 1. The minimum atomic E-state index is -0.556. The Labute approximate surface area is 171 Å². The Kier molecular flexibility index (Phi) is 7.33. The van der Waals surface area contributed by atoms with Gasteiger partial charge in [0.2, 0.25) is 12.3 Å². The number of hydrogen-bond donors (Lipinski definition) is 2. The largest absolute Gasteiger partial charge is 0.297 e. The van der Waals surface area contributed by atoms with Gasteiger partial charge in [-0.2, -0.15) is 0 Å². The van der Waals surface area contributed by atoms with Crippen LogP contribution in [0.2, 0.25) is 0 Å². The summed E-state index contributed by atoms with van der Waals surface area (Å²) in [5.74, 6) is -0.412. The molecule has 8 nitrogen and oxygen atoms in total. The van der Waals surface area contributed by atoms with Gasteiger partial charge in [0, 0.05) is 18.4 Å². The van der Waals surface area contributed by atoms with Crippen molar-refractivity contribution in [3.05, 3.63) is 29.6 Å². The van der Waals surface area contributed by atoms with E-state index in [0.717, 1.165) is 31.2 Å². The van der Waals surface area contributed by atoms with Gasteiger partial charge >= 0.3 is 0 Å². The number of aryl methyl sites for hydroxylation is 1. The van der Waals surface area contributed by atoms with Crippen LogP contribution in [0.15, 0.2) is 18.3 Å². The maximum atomic E-state index is 13.2. The van der Waals surface area contributed by atoms with Crippen molar-refractivity contribution in [3.63, 3.8) is 0 Å². The number of nitrogens with one attached hydrogen (secondary N) is 1. The van der Waals surface area contributed by atoms with Crippen molar-refractivity contribution in [3.8, 4) is 0 Å². The molecule has 2 N–H and O–H groups in total. The van der Waals surface area contributed by atoms with Gasteiger partial charge in [0.1, 0.15) is 6.04 Å². The Balaban J connectivity index is 1.68. The highest BCUT2D eigenvalue weighted by atomic mass is 16.5. The summed E-state index contributed by atoms with van der Waals surface area (Å²) in [4.78, 5) is 41.3. The van der Waals surface area contributed by atoms with E-state index in [4.69, 9.17) is 0 Å². The number of hydrazine groups is 1. The molecule has 1 saturated carbocycles. The Morgan fingerprint density at radius 1 is 1.34 bits per heavy atom. The molecule has 1 aromatic heterocycles. The molecule has 2 fully saturated rings. The molecular weight excluding hydrogens is 372 g/mol. The van der Waals surface area contributed by atoms with E-state index in [0.29, 0.717) is 42.5 Å². The number of carbonyl (C=O) groups excluding carboxylic acids is 3. The van der Waals surface area contributed by atoms with Gasteiger partial charge in [0.25, 0.3) is 0 Å². The second-order valence-electron chi connectivity index (χ2n) is 8.20. The highest BCUT2D eigenvalue weighted by molar-refractivity contribution is 5.91. The van der Waals surface area contributed by atoms with Crippen LogP contribution in [-0.4, -0.2) is 57.5 Å². The molecule has 29 heavy (non-hydrogen) atoms. The van der Waals surface area contributed by atoms with Gasteiger partial charge in [0.15, 0.2) is 5.78 Å². The van der Waals surface area contributed by atoms with Gasteiger partial charge in [-0.05, 0) is 37.3 Å². The molecule has 0 bridgehead atoms. The van der Waals surface area contributed by atoms with Crippen LogP contribution in [-0.2, 0) is 20.8 Å². The predicted molar refractivity (Wildman–Crippen MR) is 106 cm³/mol. The number of nitrogens with zero attached hydrogens (tertiary/aromatic N) is 3. The average molecular weight is 402 g/mol. The van der Waals surface area contributed by atoms with Crippen molar-refractivity contribution >= 4 is 18.1 Å². The van der Waals surface area contributed by atoms with E-state index in [9.17, 15) is 19.6 Å². The van der Waals surface area contributed by atoms with Gasteiger partial charge < -0.3 is 0 Å². The van der Waals surface area contributed by atoms with Crippen LogP contribution in [0.5, 0.6) is 0 Å². The average Bonchev–Trinajstić information content (AvgIpc) is 3.40. The van der Waals surface area contributed by atoms with E-state index < -0.39 is 12.0 Å².